The van der Waals surface area contributed by atoms with E-state index in [1.165, 1.54) is 20.2 Å². The fourth-order valence-corrected chi connectivity index (χ4v) is 6.58. The molecule has 9 nitrogen and oxygen atoms in total. The first kappa shape index (κ1) is 26.9. The Bertz CT molecular complexity index is 1640. The van der Waals surface area contributed by atoms with Crippen LogP contribution in [0.4, 0.5) is 4.39 Å². The van der Waals surface area contributed by atoms with Gasteiger partial charge in [0.15, 0.2) is 5.82 Å². The summed E-state index contributed by atoms with van der Waals surface area (Å²) in [6.45, 7) is -0.371. The van der Waals surface area contributed by atoms with E-state index in [4.69, 9.17) is 0 Å². The third kappa shape index (κ3) is 5.82. The van der Waals surface area contributed by atoms with E-state index in [0.29, 0.717) is 15.8 Å². The zero-order valence-electron chi connectivity index (χ0n) is 21.2. The number of carbonyl (C=O) groups is 2. The molecule has 0 spiro atoms. The first-order valence-electron chi connectivity index (χ1n) is 12.2. The normalized spacial score (nSPS) is 14.4. The number of carbonyl (C=O) groups excluding carboxylic acids is 2. The van der Waals surface area contributed by atoms with Crippen LogP contribution in [0, 0.1) is 5.82 Å². The van der Waals surface area contributed by atoms with Gasteiger partial charge in [0.05, 0.1) is 16.9 Å². The number of sulfonamides is 1. The van der Waals surface area contributed by atoms with Crippen molar-refractivity contribution in [3.63, 3.8) is 0 Å². The average molecular weight is 568 g/mol. The van der Waals surface area contributed by atoms with Crippen LogP contribution < -0.4 is 10.6 Å². The number of pyridine rings is 1. The molecule has 0 aliphatic heterocycles. The summed E-state index contributed by atoms with van der Waals surface area (Å²) in [5.41, 5.74) is 2.90. The lowest BCUT2D eigenvalue weighted by Crippen LogP contribution is -2.43. The van der Waals surface area contributed by atoms with Gasteiger partial charge < -0.3 is 10.6 Å². The zero-order chi connectivity index (χ0) is 27.7. The van der Waals surface area contributed by atoms with Crippen molar-refractivity contribution in [2.45, 2.75) is 24.1 Å². The summed E-state index contributed by atoms with van der Waals surface area (Å²) in [5, 5.41) is 3.30. The van der Waals surface area contributed by atoms with Crippen LogP contribution in [-0.4, -0.2) is 61.2 Å². The van der Waals surface area contributed by atoms with E-state index in [9.17, 15) is 18.0 Å². The first-order chi connectivity index (χ1) is 18.6. The van der Waals surface area contributed by atoms with Crippen LogP contribution in [0.2, 0.25) is 0 Å². The van der Waals surface area contributed by atoms with Gasteiger partial charge in [-0.2, -0.15) is 0 Å². The zero-order valence-corrected chi connectivity index (χ0v) is 22.9. The van der Waals surface area contributed by atoms with Gasteiger partial charge in [-0.1, -0.05) is 36.4 Å². The summed E-state index contributed by atoms with van der Waals surface area (Å²) < 4.78 is 42.8. The van der Waals surface area contributed by atoms with E-state index < -0.39 is 32.9 Å². The molecule has 1 unspecified atom stereocenters. The molecule has 2 N–H and O–H groups in total. The summed E-state index contributed by atoms with van der Waals surface area (Å²) >= 11 is 0.917. The minimum Gasteiger partial charge on any atom is -0.352 e. The van der Waals surface area contributed by atoms with Crippen molar-refractivity contribution in [2.24, 2.45) is 0 Å². The molecule has 2 amide bonds. The highest BCUT2D eigenvalue weighted by Crippen LogP contribution is 2.36. The molecular weight excluding hydrogens is 541 g/mol. The van der Waals surface area contributed by atoms with Crippen molar-refractivity contribution >= 4 is 43.4 Å². The number of fused-ring (bicyclic) bond motifs is 1. The molecule has 39 heavy (non-hydrogen) atoms. The second kappa shape index (κ2) is 10.8. The molecule has 5 rings (SSSR count). The molecule has 1 aliphatic carbocycles. The summed E-state index contributed by atoms with van der Waals surface area (Å²) in [6, 6.07) is 16.4. The van der Waals surface area contributed by atoms with Crippen molar-refractivity contribution in [3.05, 3.63) is 71.6 Å². The monoisotopic (exact) mass is 567 g/mol. The van der Waals surface area contributed by atoms with Gasteiger partial charge in [-0.3, -0.25) is 14.6 Å². The van der Waals surface area contributed by atoms with Gasteiger partial charge in [0, 0.05) is 37.5 Å². The number of amides is 2. The molecule has 4 aromatic rings. The lowest BCUT2D eigenvalue weighted by atomic mass is 10.1. The van der Waals surface area contributed by atoms with Crippen LogP contribution in [-0.2, 0) is 19.6 Å². The number of rotatable bonds is 9. The van der Waals surface area contributed by atoms with E-state index in [1.807, 2.05) is 42.5 Å². The summed E-state index contributed by atoms with van der Waals surface area (Å²) in [6.07, 6.45) is 3.40. The molecule has 0 radical (unpaired) electrons. The maximum atomic E-state index is 15.2. The predicted octanol–water partition coefficient (Wildman–Crippen LogP) is 3.49. The summed E-state index contributed by atoms with van der Waals surface area (Å²) in [5.74, 6) is -1.96. The maximum Gasteiger partial charge on any atom is 0.247 e. The van der Waals surface area contributed by atoms with Crippen LogP contribution in [0.5, 0.6) is 0 Å². The van der Waals surface area contributed by atoms with Gasteiger partial charge in [-0.15, -0.1) is 11.3 Å². The number of nitrogens with zero attached hydrogens (tertiary/aromatic N) is 3. The van der Waals surface area contributed by atoms with Crippen molar-refractivity contribution in [3.8, 4) is 22.4 Å². The number of hydrogen-bond acceptors (Lipinski definition) is 7. The van der Waals surface area contributed by atoms with Crippen LogP contribution in [0.3, 0.4) is 0 Å². The highest BCUT2D eigenvalue weighted by molar-refractivity contribution is 7.90. The Kier molecular flexibility index (Phi) is 7.43. The maximum absolute atomic E-state index is 15.2. The molecule has 2 aromatic carbocycles. The van der Waals surface area contributed by atoms with Gasteiger partial charge >= 0.3 is 0 Å². The minimum atomic E-state index is -4.20. The molecule has 1 saturated carbocycles. The van der Waals surface area contributed by atoms with E-state index in [-0.39, 0.29) is 23.1 Å². The number of nitrogens with one attached hydrogen (secondary N) is 2. The smallest absolute Gasteiger partial charge is 0.247 e. The molecule has 0 saturated heterocycles. The Morgan fingerprint density at radius 1 is 1.08 bits per heavy atom. The average Bonchev–Trinajstić information content (AvgIpc) is 3.63. The highest BCUT2D eigenvalue weighted by Gasteiger charge is 2.39. The van der Waals surface area contributed by atoms with Crippen molar-refractivity contribution < 1.29 is 22.4 Å². The van der Waals surface area contributed by atoms with Crippen molar-refractivity contribution in [2.75, 3.05) is 20.6 Å². The SMILES string of the molecule is CN(C)S(=O)(=O)C(C(=O)NCC(=O)NC1CC1)c1nc2c(F)cc(-c3ccc(-c4ccccc4)nc3)cc2s1. The Hall–Kier alpha value is -3.74. The van der Waals surface area contributed by atoms with E-state index >= 15 is 4.39 Å². The van der Waals surface area contributed by atoms with Crippen LogP contribution in [0.1, 0.15) is 23.1 Å². The van der Waals surface area contributed by atoms with Crippen LogP contribution >= 0.6 is 11.3 Å². The predicted molar refractivity (Wildman–Crippen MR) is 148 cm³/mol. The lowest BCUT2D eigenvalue weighted by Gasteiger charge is -2.19. The molecule has 2 aromatic heterocycles. The second-order valence-electron chi connectivity index (χ2n) is 9.42. The standard InChI is InChI=1S/C27H26FN5O4S2/c1-33(2)39(36,37)25(26(35)30-15-23(34)31-19-9-10-19)27-32-24-20(28)12-18(13-22(24)38-27)17-8-11-21(29-14-17)16-6-4-3-5-7-16/h3-8,11-14,19,25H,9-10,15H2,1-2H3,(H,30,35)(H,31,34). The molecule has 0 bridgehead atoms. The van der Waals surface area contributed by atoms with Crippen molar-refractivity contribution in [1.29, 1.82) is 0 Å². The minimum absolute atomic E-state index is 0.0363. The summed E-state index contributed by atoms with van der Waals surface area (Å²) in [4.78, 5) is 33.8. The number of thiazole rings is 1. The molecule has 1 fully saturated rings. The van der Waals surface area contributed by atoms with E-state index in [0.717, 1.165) is 39.7 Å². The van der Waals surface area contributed by atoms with Crippen molar-refractivity contribution in [1.82, 2.24) is 24.9 Å². The van der Waals surface area contributed by atoms with Gasteiger partial charge in [0.25, 0.3) is 0 Å². The fraction of sp³-hybridized carbons (Fsp3) is 0.259. The molecular formula is C27H26FN5O4S2. The molecule has 1 aliphatic rings. The lowest BCUT2D eigenvalue weighted by molar-refractivity contribution is -0.126. The Balaban J connectivity index is 1.45. The Labute approximate surface area is 229 Å². The third-order valence-electron chi connectivity index (χ3n) is 6.27. The van der Waals surface area contributed by atoms with Crippen LogP contribution in [0.15, 0.2) is 60.8 Å². The molecule has 1 atom stereocenters. The summed E-state index contributed by atoms with van der Waals surface area (Å²) in [7, 11) is -1.60. The molecule has 12 heteroatoms. The topological polar surface area (TPSA) is 121 Å². The quantitative estimate of drug-likeness (QED) is 0.319. The van der Waals surface area contributed by atoms with Gasteiger partial charge in [-0.05, 0) is 36.6 Å². The Morgan fingerprint density at radius 3 is 2.46 bits per heavy atom. The fourth-order valence-electron chi connectivity index (χ4n) is 3.98. The van der Waals surface area contributed by atoms with E-state index in [2.05, 4.69) is 20.6 Å². The third-order valence-corrected chi connectivity index (χ3v) is 9.53. The second-order valence-corrected chi connectivity index (χ2v) is 12.7. The Morgan fingerprint density at radius 2 is 1.82 bits per heavy atom. The number of hydrogen-bond donors (Lipinski definition) is 2. The van der Waals surface area contributed by atoms with Gasteiger partial charge in [0.1, 0.15) is 10.5 Å². The molecule has 202 valence electrons. The number of aromatic nitrogens is 2. The van der Waals surface area contributed by atoms with Crippen LogP contribution in [0.25, 0.3) is 32.6 Å². The van der Waals surface area contributed by atoms with Gasteiger partial charge in [-0.25, -0.2) is 22.1 Å². The number of halogens is 1. The first-order valence-corrected chi connectivity index (χ1v) is 14.6. The largest absolute Gasteiger partial charge is 0.352 e. The van der Waals surface area contributed by atoms with Gasteiger partial charge in [0.2, 0.25) is 27.1 Å². The number of benzene rings is 2. The highest BCUT2D eigenvalue weighted by atomic mass is 32.2. The molecule has 2 heterocycles. The van der Waals surface area contributed by atoms with E-state index in [1.54, 1.807) is 12.3 Å².